The molecule has 0 heterocycles. The van der Waals surface area contributed by atoms with Gasteiger partial charge < -0.3 is 10.1 Å². The number of non-ortho nitro benzene ring substituents is 1. The lowest BCUT2D eigenvalue weighted by molar-refractivity contribution is -0.384. The standard InChI is InChI=1S/C13H17ClN2O3/c1-19-12-5-3-10(6-12)15-8-9-2-4-11(16(17)18)7-13(9)14/h2,4,7,10,12,15H,3,5-6,8H2,1H3. The molecule has 2 rings (SSSR count). The lowest BCUT2D eigenvalue weighted by Gasteiger charge is -2.13. The molecule has 0 aromatic heterocycles. The zero-order valence-corrected chi connectivity index (χ0v) is 11.5. The van der Waals surface area contributed by atoms with Gasteiger partial charge in [-0.2, -0.15) is 0 Å². The fourth-order valence-electron chi connectivity index (χ4n) is 2.39. The smallest absolute Gasteiger partial charge is 0.270 e. The SMILES string of the molecule is COC1CCC(NCc2ccc([N+](=O)[O-])cc2Cl)C1. The van der Waals surface area contributed by atoms with Gasteiger partial charge in [0.2, 0.25) is 0 Å². The first-order valence-corrected chi connectivity index (χ1v) is 6.67. The Bertz CT molecular complexity index is 467. The quantitative estimate of drug-likeness (QED) is 0.667. The minimum absolute atomic E-state index is 0.0223. The summed E-state index contributed by atoms with van der Waals surface area (Å²) >= 11 is 6.05. The van der Waals surface area contributed by atoms with Crippen molar-refractivity contribution < 1.29 is 9.66 Å². The van der Waals surface area contributed by atoms with Gasteiger partial charge in [0, 0.05) is 31.8 Å². The van der Waals surface area contributed by atoms with Gasteiger partial charge in [0.05, 0.1) is 16.0 Å². The van der Waals surface area contributed by atoms with E-state index in [1.54, 1.807) is 13.2 Å². The molecule has 1 aromatic carbocycles. The number of methoxy groups -OCH3 is 1. The Morgan fingerprint density at radius 2 is 2.32 bits per heavy atom. The Hall–Kier alpha value is -1.17. The maximum absolute atomic E-state index is 10.6. The maximum atomic E-state index is 10.6. The third-order valence-electron chi connectivity index (χ3n) is 3.55. The zero-order chi connectivity index (χ0) is 13.8. The van der Waals surface area contributed by atoms with Crippen LogP contribution in [0.5, 0.6) is 0 Å². The van der Waals surface area contributed by atoms with Gasteiger partial charge in [-0.3, -0.25) is 10.1 Å². The molecule has 2 unspecified atom stereocenters. The molecule has 1 fully saturated rings. The van der Waals surface area contributed by atoms with Crippen LogP contribution in [0, 0.1) is 10.1 Å². The Labute approximate surface area is 117 Å². The second-order valence-electron chi connectivity index (χ2n) is 4.78. The summed E-state index contributed by atoms with van der Waals surface area (Å²) in [5.41, 5.74) is 0.905. The first kappa shape index (κ1) is 14.2. The predicted molar refractivity (Wildman–Crippen MR) is 73.4 cm³/mol. The highest BCUT2D eigenvalue weighted by Gasteiger charge is 2.24. The molecule has 104 valence electrons. The molecule has 2 atom stereocenters. The van der Waals surface area contributed by atoms with Crippen LogP contribution >= 0.6 is 11.6 Å². The molecule has 19 heavy (non-hydrogen) atoms. The Morgan fingerprint density at radius 1 is 1.53 bits per heavy atom. The number of hydrogen-bond acceptors (Lipinski definition) is 4. The molecule has 0 spiro atoms. The molecule has 0 amide bonds. The van der Waals surface area contributed by atoms with Crippen LogP contribution in [0.15, 0.2) is 18.2 Å². The summed E-state index contributed by atoms with van der Waals surface area (Å²) in [6.45, 7) is 0.623. The molecule has 0 saturated heterocycles. The predicted octanol–water partition coefficient (Wildman–Crippen LogP) is 2.91. The Balaban J connectivity index is 1.91. The third kappa shape index (κ3) is 3.65. The molecule has 0 bridgehead atoms. The van der Waals surface area contributed by atoms with Gasteiger partial charge in [-0.1, -0.05) is 11.6 Å². The Morgan fingerprint density at radius 3 is 2.89 bits per heavy atom. The molecule has 5 nitrogen and oxygen atoms in total. The summed E-state index contributed by atoms with van der Waals surface area (Å²) < 4.78 is 5.32. The van der Waals surface area contributed by atoms with E-state index in [1.165, 1.54) is 12.1 Å². The van der Waals surface area contributed by atoms with Crippen LogP contribution in [-0.2, 0) is 11.3 Å². The van der Waals surface area contributed by atoms with Gasteiger partial charge >= 0.3 is 0 Å². The van der Waals surface area contributed by atoms with Gasteiger partial charge in [-0.25, -0.2) is 0 Å². The number of nitro benzene ring substituents is 1. The van der Waals surface area contributed by atoms with Crippen molar-refractivity contribution in [1.82, 2.24) is 5.32 Å². The summed E-state index contributed by atoms with van der Waals surface area (Å²) in [6, 6.07) is 5.01. The number of halogens is 1. The molecule has 0 radical (unpaired) electrons. The molecular weight excluding hydrogens is 268 g/mol. The number of nitrogens with one attached hydrogen (secondary N) is 1. The average Bonchev–Trinajstić information content (AvgIpc) is 2.85. The number of rotatable bonds is 5. The van der Waals surface area contributed by atoms with Crippen LogP contribution in [-0.4, -0.2) is 24.2 Å². The van der Waals surface area contributed by atoms with Gasteiger partial charge in [-0.05, 0) is 30.9 Å². The van der Waals surface area contributed by atoms with Crippen LogP contribution in [0.25, 0.3) is 0 Å². The van der Waals surface area contributed by atoms with Crippen molar-refractivity contribution in [3.8, 4) is 0 Å². The second-order valence-corrected chi connectivity index (χ2v) is 5.19. The zero-order valence-electron chi connectivity index (χ0n) is 10.8. The highest BCUT2D eigenvalue weighted by molar-refractivity contribution is 6.31. The van der Waals surface area contributed by atoms with Crippen molar-refractivity contribution in [3.63, 3.8) is 0 Å². The number of hydrogen-bond donors (Lipinski definition) is 1. The lowest BCUT2D eigenvalue weighted by atomic mass is 10.2. The van der Waals surface area contributed by atoms with Crippen molar-refractivity contribution >= 4 is 17.3 Å². The molecule has 1 aromatic rings. The minimum atomic E-state index is -0.441. The first-order valence-electron chi connectivity index (χ1n) is 6.29. The van der Waals surface area contributed by atoms with Crippen molar-refractivity contribution in [1.29, 1.82) is 0 Å². The summed E-state index contributed by atoms with van der Waals surface area (Å²) in [6.07, 6.45) is 3.50. The largest absolute Gasteiger partial charge is 0.381 e. The van der Waals surface area contributed by atoms with Crippen LogP contribution in [0.3, 0.4) is 0 Å². The van der Waals surface area contributed by atoms with E-state index >= 15 is 0 Å². The van der Waals surface area contributed by atoms with Gasteiger partial charge in [-0.15, -0.1) is 0 Å². The summed E-state index contributed by atoms with van der Waals surface area (Å²) in [5, 5.41) is 14.5. The normalized spacial score (nSPS) is 22.6. The van der Waals surface area contributed by atoms with Crippen LogP contribution in [0.2, 0.25) is 5.02 Å². The van der Waals surface area contributed by atoms with Crippen molar-refractivity contribution in [3.05, 3.63) is 38.9 Å². The monoisotopic (exact) mass is 284 g/mol. The number of ether oxygens (including phenoxy) is 1. The fraction of sp³-hybridized carbons (Fsp3) is 0.538. The van der Waals surface area contributed by atoms with Crippen molar-refractivity contribution in [2.75, 3.05) is 7.11 Å². The van der Waals surface area contributed by atoms with Crippen LogP contribution < -0.4 is 5.32 Å². The van der Waals surface area contributed by atoms with E-state index < -0.39 is 4.92 Å². The number of benzene rings is 1. The van der Waals surface area contributed by atoms with E-state index in [-0.39, 0.29) is 5.69 Å². The van der Waals surface area contributed by atoms with E-state index in [0.29, 0.717) is 23.7 Å². The van der Waals surface area contributed by atoms with E-state index in [4.69, 9.17) is 16.3 Å². The third-order valence-corrected chi connectivity index (χ3v) is 3.90. The highest BCUT2D eigenvalue weighted by atomic mass is 35.5. The van der Waals surface area contributed by atoms with E-state index in [9.17, 15) is 10.1 Å². The molecular formula is C13H17ClN2O3. The van der Waals surface area contributed by atoms with E-state index in [2.05, 4.69) is 5.32 Å². The molecule has 6 heteroatoms. The van der Waals surface area contributed by atoms with E-state index in [1.807, 2.05) is 0 Å². The molecule has 1 saturated carbocycles. The van der Waals surface area contributed by atoms with Crippen molar-refractivity contribution in [2.24, 2.45) is 0 Å². The van der Waals surface area contributed by atoms with Gasteiger partial charge in [0.25, 0.3) is 5.69 Å². The molecule has 1 aliphatic carbocycles. The topological polar surface area (TPSA) is 64.4 Å². The number of nitrogens with zero attached hydrogens (tertiary/aromatic N) is 1. The number of nitro groups is 1. The highest BCUT2D eigenvalue weighted by Crippen LogP contribution is 2.24. The maximum Gasteiger partial charge on any atom is 0.270 e. The fourth-order valence-corrected chi connectivity index (χ4v) is 2.63. The summed E-state index contributed by atoms with van der Waals surface area (Å²) in [7, 11) is 1.74. The first-order chi connectivity index (χ1) is 9.10. The van der Waals surface area contributed by atoms with Crippen molar-refractivity contribution in [2.45, 2.75) is 38.0 Å². The molecule has 0 aliphatic heterocycles. The van der Waals surface area contributed by atoms with Crippen LogP contribution in [0.1, 0.15) is 24.8 Å². The lowest BCUT2D eigenvalue weighted by Crippen LogP contribution is -2.26. The van der Waals surface area contributed by atoms with Gasteiger partial charge in [0.15, 0.2) is 0 Å². The molecule has 1 N–H and O–H groups in total. The average molecular weight is 285 g/mol. The summed E-state index contributed by atoms with van der Waals surface area (Å²) in [5.74, 6) is 0. The molecule has 1 aliphatic rings. The Kier molecular flexibility index (Phi) is 4.74. The summed E-state index contributed by atoms with van der Waals surface area (Å²) in [4.78, 5) is 10.2. The minimum Gasteiger partial charge on any atom is -0.381 e. The van der Waals surface area contributed by atoms with Crippen LogP contribution in [0.4, 0.5) is 5.69 Å². The van der Waals surface area contributed by atoms with Gasteiger partial charge in [0.1, 0.15) is 0 Å². The van der Waals surface area contributed by atoms with E-state index in [0.717, 1.165) is 24.8 Å². The second kappa shape index (κ2) is 6.32.